The van der Waals surface area contributed by atoms with Gasteiger partial charge in [-0.15, -0.1) is 0 Å². The van der Waals surface area contributed by atoms with Gasteiger partial charge in [-0.25, -0.2) is 0 Å². The SMILES string of the molecule is CC1=CP(=O)(O)CC1.CC1=CP(=O)(OCC(O)c2ccccc2)CC1.c1ccc(C2CO2)cc1. The van der Waals surface area contributed by atoms with Gasteiger partial charge in [0.25, 0.3) is 0 Å². The number of benzene rings is 2. The summed E-state index contributed by atoms with van der Waals surface area (Å²) in [6.45, 7) is 4.83. The van der Waals surface area contributed by atoms with Crippen LogP contribution in [0, 0.1) is 0 Å². The quantitative estimate of drug-likeness (QED) is 0.350. The van der Waals surface area contributed by atoms with E-state index in [9.17, 15) is 14.2 Å². The maximum atomic E-state index is 12.1. The lowest BCUT2D eigenvalue weighted by molar-refractivity contribution is 0.111. The molecule has 0 radical (unpaired) electrons. The lowest BCUT2D eigenvalue weighted by Crippen LogP contribution is -2.05. The zero-order valence-corrected chi connectivity index (χ0v) is 21.5. The van der Waals surface area contributed by atoms with Gasteiger partial charge in [-0.05, 0) is 49.5 Å². The van der Waals surface area contributed by atoms with Crippen molar-refractivity contribution in [2.24, 2.45) is 0 Å². The van der Waals surface area contributed by atoms with Gasteiger partial charge in [0.15, 0.2) is 0 Å². The predicted octanol–water partition coefficient (Wildman–Crippen LogP) is 6.64. The molecule has 3 aliphatic rings. The van der Waals surface area contributed by atoms with Crippen LogP contribution in [0.15, 0.2) is 83.4 Å². The minimum Gasteiger partial charge on any atom is -0.386 e. The van der Waals surface area contributed by atoms with Crippen molar-refractivity contribution in [3.8, 4) is 0 Å². The molecule has 1 saturated heterocycles. The van der Waals surface area contributed by atoms with E-state index < -0.39 is 20.8 Å². The van der Waals surface area contributed by atoms with E-state index in [4.69, 9.17) is 14.2 Å². The van der Waals surface area contributed by atoms with Crippen LogP contribution in [0.5, 0.6) is 0 Å². The zero-order valence-electron chi connectivity index (χ0n) is 19.7. The van der Waals surface area contributed by atoms with Gasteiger partial charge in [0, 0.05) is 12.3 Å². The summed E-state index contributed by atoms with van der Waals surface area (Å²) >= 11 is 0. The van der Waals surface area contributed by atoms with Crippen molar-refractivity contribution in [2.75, 3.05) is 25.5 Å². The topological polar surface area (TPSA) is 96.4 Å². The number of aliphatic hydroxyl groups is 1. The molecule has 2 N–H and O–H groups in total. The van der Waals surface area contributed by atoms with Gasteiger partial charge >= 0.3 is 0 Å². The number of aliphatic hydroxyl groups excluding tert-OH is 1. The molecule has 0 amide bonds. The Kier molecular flexibility index (Phi) is 9.67. The van der Waals surface area contributed by atoms with E-state index in [-0.39, 0.29) is 6.61 Å². The Balaban J connectivity index is 0.000000159. The minimum absolute atomic E-state index is 0.0884. The normalized spacial score (nSPS) is 27.9. The maximum absolute atomic E-state index is 12.1. The summed E-state index contributed by atoms with van der Waals surface area (Å²) in [4.78, 5) is 8.84. The maximum Gasteiger partial charge on any atom is 0.225 e. The fourth-order valence-corrected chi connectivity index (χ4v) is 7.40. The second-order valence-corrected chi connectivity index (χ2v) is 13.5. The first-order chi connectivity index (χ1) is 16.2. The summed E-state index contributed by atoms with van der Waals surface area (Å²) in [7, 11) is -5.38. The summed E-state index contributed by atoms with van der Waals surface area (Å²) < 4.78 is 33.4. The van der Waals surface area contributed by atoms with E-state index in [0.717, 1.165) is 36.2 Å². The second-order valence-electron chi connectivity index (χ2n) is 8.83. The van der Waals surface area contributed by atoms with E-state index >= 15 is 0 Å². The Morgan fingerprint density at radius 2 is 1.50 bits per heavy atom. The summed E-state index contributed by atoms with van der Waals surface area (Å²) in [5, 5.41) is 9.89. The van der Waals surface area contributed by atoms with Gasteiger partial charge in [-0.3, -0.25) is 9.13 Å². The average Bonchev–Trinajstić information content (AvgIpc) is 3.55. The van der Waals surface area contributed by atoms with Crippen LogP contribution in [0.25, 0.3) is 0 Å². The molecule has 184 valence electrons. The van der Waals surface area contributed by atoms with Gasteiger partial charge < -0.3 is 19.3 Å². The largest absolute Gasteiger partial charge is 0.386 e. The number of hydrogen-bond donors (Lipinski definition) is 2. The molecule has 3 aliphatic heterocycles. The van der Waals surface area contributed by atoms with Gasteiger partial charge in [0.05, 0.1) is 13.2 Å². The van der Waals surface area contributed by atoms with Gasteiger partial charge in [-0.1, -0.05) is 71.8 Å². The van der Waals surface area contributed by atoms with E-state index in [1.165, 1.54) is 11.4 Å². The summed E-state index contributed by atoms with van der Waals surface area (Å²) in [5.41, 5.74) is 4.26. The Labute approximate surface area is 202 Å². The van der Waals surface area contributed by atoms with E-state index in [1.54, 1.807) is 5.82 Å². The molecule has 2 aromatic rings. The highest BCUT2D eigenvalue weighted by atomic mass is 31.2. The fourth-order valence-electron chi connectivity index (χ4n) is 3.59. The van der Waals surface area contributed by atoms with Crippen molar-refractivity contribution in [3.05, 3.63) is 94.6 Å². The molecular formula is C26H34O6P2. The van der Waals surface area contributed by atoms with Crippen LogP contribution < -0.4 is 0 Å². The van der Waals surface area contributed by atoms with Crippen LogP contribution >= 0.6 is 14.7 Å². The van der Waals surface area contributed by atoms with Crippen LogP contribution in [0.4, 0.5) is 0 Å². The number of allylic oxidation sites excluding steroid dienone is 2. The van der Waals surface area contributed by atoms with Crippen LogP contribution in [0.1, 0.15) is 50.0 Å². The standard InChI is InChI=1S/C13H17O3P.C8H8O.C5H9O2P/c1-11-7-8-17(15,10-11)16-9-13(14)12-5-3-2-4-6-12;1-2-4-7(5-3-1)8-6-9-8;1-5-2-3-8(6,7)4-5/h2-6,10,13-14H,7-9H2,1H3;1-5,8H,6H2;4H,2-3H2,1H3,(H,6,7). The molecule has 3 heterocycles. The van der Waals surface area contributed by atoms with Gasteiger partial charge in [0.1, 0.15) is 12.2 Å². The highest BCUT2D eigenvalue weighted by Crippen LogP contribution is 2.55. The Hall–Kier alpha value is -1.78. The molecule has 2 aromatic carbocycles. The van der Waals surface area contributed by atoms with Crippen molar-refractivity contribution >= 4 is 14.7 Å². The van der Waals surface area contributed by atoms with Crippen LogP contribution in [-0.4, -0.2) is 35.5 Å². The molecule has 34 heavy (non-hydrogen) atoms. The Morgan fingerprint density at radius 1 is 0.941 bits per heavy atom. The van der Waals surface area contributed by atoms with Gasteiger partial charge in [0.2, 0.25) is 14.7 Å². The summed E-state index contributed by atoms with van der Waals surface area (Å²) in [6.07, 6.45) is 2.36. The molecule has 0 spiro atoms. The fraction of sp³-hybridized carbons (Fsp3) is 0.385. The molecule has 8 heteroatoms. The van der Waals surface area contributed by atoms with Crippen molar-refractivity contribution in [1.29, 1.82) is 0 Å². The van der Waals surface area contributed by atoms with Crippen LogP contribution in [0.2, 0.25) is 0 Å². The first-order valence-corrected chi connectivity index (χ1v) is 15.3. The van der Waals surface area contributed by atoms with Gasteiger partial charge in [-0.2, -0.15) is 0 Å². The van der Waals surface area contributed by atoms with Crippen LogP contribution in [0.3, 0.4) is 0 Å². The molecule has 1 fully saturated rings. The average molecular weight is 505 g/mol. The molecule has 6 nitrogen and oxygen atoms in total. The number of epoxide rings is 1. The molecular weight excluding hydrogens is 470 g/mol. The van der Waals surface area contributed by atoms with Crippen molar-refractivity contribution < 1.29 is 28.4 Å². The lowest BCUT2D eigenvalue weighted by atomic mass is 10.1. The molecule has 0 bridgehead atoms. The van der Waals surface area contributed by atoms with Crippen molar-refractivity contribution in [3.63, 3.8) is 0 Å². The van der Waals surface area contributed by atoms with E-state index in [1.807, 2.05) is 62.4 Å². The van der Waals surface area contributed by atoms with E-state index in [0.29, 0.717) is 18.4 Å². The predicted molar refractivity (Wildman–Crippen MR) is 136 cm³/mol. The lowest BCUT2D eigenvalue weighted by Gasteiger charge is -2.15. The summed E-state index contributed by atoms with van der Waals surface area (Å²) in [5.74, 6) is 3.22. The van der Waals surface area contributed by atoms with E-state index in [2.05, 4.69) is 12.1 Å². The summed E-state index contributed by atoms with van der Waals surface area (Å²) in [6, 6.07) is 19.6. The Morgan fingerprint density at radius 3 is 1.94 bits per heavy atom. The third-order valence-electron chi connectivity index (χ3n) is 5.62. The third-order valence-corrected chi connectivity index (χ3v) is 9.60. The van der Waals surface area contributed by atoms with Crippen molar-refractivity contribution in [1.82, 2.24) is 0 Å². The first-order valence-electron chi connectivity index (χ1n) is 11.5. The highest BCUT2D eigenvalue weighted by Gasteiger charge is 2.27. The number of rotatable bonds is 5. The first kappa shape index (κ1) is 26.8. The monoisotopic (exact) mass is 504 g/mol. The zero-order chi connectivity index (χ0) is 24.6. The number of ether oxygens (including phenoxy) is 1. The number of hydrogen-bond acceptors (Lipinski definition) is 5. The minimum atomic E-state index is -2.76. The second kappa shape index (κ2) is 12.3. The molecule has 0 saturated carbocycles. The van der Waals surface area contributed by atoms with Crippen molar-refractivity contribution in [2.45, 2.75) is 38.9 Å². The molecule has 0 aliphatic carbocycles. The van der Waals surface area contributed by atoms with Crippen LogP contribution in [-0.2, 0) is 18.4 Å². The third kappa shape index (κ3) is 9.11. The molecule has 4 atom stereocenters. The highest BCUT2D eigenvalue weighted by molar-refractivity contribution is 7.62. The Bertz CT molecular complexity index is 1080. The smallest absolute Gasteiger partial charge is 0.225 e. The molecule has 0 aromatic heterocycles. The molecule has 4 unspecified atom stereocenters. The molecule has 5 rings (SSSR count).